The van der Waals surface area contributed by atoms with E-state index in [2.05, 4.69) is 15.0 Å². The Bertz CT molecular complexity index is 2950. The summed E-state index contributed by atoms with van der Waals surface area (Å²) in [5.74, 6) is -3.49. The molecule has 0 N–H and O–H groups in total. The van der Waals surface area contributed by atoms with Crippen LogP contribution in [-0.2, 0) is 45.0 Å². The Morgan fingerprint density at radius 2 is 1.30 bits per heavy atom. The number of imide groups is 2. The van der Waals surface area contributed by atoms with Crippen molar-refractivity contribution in [2.75, 3.05) is 4.90 Å². The van der Waals surface area contributed by atoms with Crippen LogP contribution in [0.1, 0.15) is 120 Å². The summed E-state index contributed by atoms with van der Waals surface area (Å²) in [6.45, 7) is 24.6. The fourth-order valence-corrected chi connectivity index (χ4v) is 9.15. The van der Waals surface area contributed by atoms with Crippen LogP contribution < -0.4 is 4.90 Å². The predicted octanol–water partition coefficient (Wildman–Crippen LogP) is 11.5. The Morgan fingerprint density at radius 1 is 0.746 bits per heavy atom. The minimum absolute atomic E-state index is 0.0575. The number of anilines is 1. The van der Waals surface area contributed by atoms with Gasteiger partial charge in [-0.1, -0.05) is 67.0 Å². The topological polar surface area (TPSA) is 229 Å². The summed E-state index contributed by atoms with van der Waals surface area (Å²) in [5.41, 5.74) is 7.38. The number of aryl methyl sites for hydroxylation is 1. The lowest BCUT2D eigenvalue weighted by molar-refractivity contribution is -0.161. The molecule has 0 unspecified atom stereocenters. The van der Waals surface area contributed by atoms with Gasteiger partial charge in [0.15, 0.2) is 0 Å². The molecule has 3 atom stereocenters. The highest BCUT2D eigenvalue weighted by Gasteiger charge is 2.44. The molecular weight excluding hydrogens is 931 g/mol. The summed E-state index contributed by atoms with van der Waals surface area (Å²) in [5, 5.41) is 4.89. The Labute approximate surface area is 415 Å². The van der Waals surface area contributed by atoms with E-state index in [9.17, 15) is 33.1 Å². The SMILES string of the molecule is Cc1ccc(S(=O)(=O)n2cc(C[C@@H](C(=O)OC(C)(C)C)N(C(=O)OC(C)(C)C)C(=O)OC(C)(C)C)c3ccc([C@@H](C(C)C)[C@H](N=[N+]=[N-])C(=O)N(C(=O)OC(C)(C)C)c4cccc5cccnc45)cc32)cc1. The fraction of sp³-hybridized carbons (Fsp3) is 0.462. The number of rotatable bonds is 12. The summed E-state index contributed by atoms with van der Waals surface area (Å²) in [6.07, 6.45) is -1.16. The molecule has 0 aliphatic rings. The molecule has 0 aliphatic heterocycles. The van der Waals surface area contributed by atoms with E-state index in [1.807, 2.05) is 0 Å². The molecule has 5 aromatic rings. The first-order valence-electron chi connectivity index (χ1n) is 23.1. The molecule has 19 heteroatoms. The molecule has 3 aromatic carbocycles. The molecular formula is C52H65N7O11S. The highest BCUT2D eigenvalue weighted by molar-refractivity contribution is 7.90. The molecule has 2 heterocycles. The molecule has 18 nitrogen and oxygen atoms in total. The number of hydrogen-bond donors (Lipinski definition) is 0. The number of benzene rings is 3. The Hall–Kier alpha value is -6.98. The molecule has 0 spiro atoms. The van der Waals surface area contributed by atoms with Gasteiger partial charge < -0.3 is 18.9 Å². The second-order valence-corrected chi connectivity index (χ2v) is 23.4. The van der Waals surface area contributed by atoms with E-state index in [1.54, 1.807) is 152 Å². The Balaban J connectivity index is 1.79. The van der Waals surface area contributed by atoms with E-state index in [1.165, 1.54) is 36.7 Å². The van der Waals surface area contributed by atoms with Crippen molar-refractivity contribution in [3.63, 3.8) is 0 Å². The van der Waals surface area contributed by atoms with Crippen molar-refractivity contribution in [3.8, 4) is 0 Å². The van der Waals surface area contributed by atoms with Crippen molar-refractivity contribution < 1.29 is 51.3 Å². The van der Waals surface area contributed by atoms with Crippen LogP contribution in [0.5, 0.6) is 0 Å². The molecule has 0 saturated heterocycles. The number of carbonyl (C=O) groups excluding carboxylic acids is 5. The van der Waals surface area contributed by atoms with Gasteiger partial charge in [-0.15, -0.1) is 0 Å². The highest BCUT2D eigenvalue weighted by atomic mass is 32.2. The molecule has 0 aliphatic carbocycles. The molecule has 5 rings (SSSR count). The third-order valence-corrected chi connectivity index (χ3v) is 12.2. The molecule has 0 bridgehead atoms. The van der Waals surface area contributed by atoms with E-state index in [0.29, 0.717) is 21.4 Å². The zero-order valence-electron chi connectivity index (χ0n) is 43.1. The quantitative estimate of drug-likeness (QED) is 0.0374. The van der Waals surface area contributed by atoms with Crippen LogP contribution in [0.15, 0.2) is 95.2 Å². The van der Waals surface area contributed by atoms with Crippen molar-refractivity contribution in [3.05, 3.63) is 112 Å². The van der Waals surface area contributed by atoms with Crippen molar-refractivity contribution >= 4 is 67.7 Å². The van der Waals surface area contributed by atoms with Gasteiger partial charge in [-0.3, -0.25) is 9.78 Å². The molecule has 0 radical (unpaired) electrons. The average Bonchev–Trinajstić information content (AvgIpc) is 3.59. The summed E-state index contributed by atoms with van der Waals surface area (Å²) >= 11 is 0. The van der Waals surface area contributed by atoms with Crippen molar-refractivity contribution in [1.29, 1.82) is 0 Å². The largest absolute Gasteiger partial charge is 0.458 e. The maximum atomic E-state index is 15.2. The van der Waals surface area contributed by atoms with Gasteiger partial charge in [0.2, 0.25) is 5.91 Å². The lowest BCUT2D eigenvalue weighted by Crippen LogP contribution is -2.54. The maximum Gasteiger partial charge on any atom is 0.421 e. The third-order valence-electron chi connectivity index (χ3n) is 10.6. The summed E-state index contributed by atoms with van der Waals surface area (Å²) in [7, 11) is -4.48. The lowest BCUT2D eigenvalue weighted by Gasteiger charge is -2.33. The van der Waals surface area contributed by atoms with Gasteiger partial charge in [-0.25, -0.2) is 36.5 Å². The van der Waals surface area contributed by atoms with Crippen LogP contribution in [0.3, 0.4) is 0 Å². The van der Waals surface area contributed by atoms with E-state index >= 15 is 4.79 Å². The van der Waals surface area contributed by atoms with Crippen LogP contribution in [-0.4, -0.2) is 86.9 Å². The smallest absolute Gasteiger partial charge is 0.421 e. The number of esters is 1. The van der Waals surface area contributed by atoms with E-state index in [4.69, 9.17) is 18.9 Å². The van der Waals surface area contributed by atoms with Crippen LogP contribution in [0.4, 0.5) is 20.1 Å². The van der Waals surface area contributed by atoms with Gasteiger partial charge in [0.05, 0.1) is 21.6 Å². The Morgan fingerprint density at radius 3 is 1.83 bits per heavy atom. The number of para-hydroxylation sites is 1. The van der Waals surface area contributed by atoms with Crippen LogP contribution in [0.2, 0.25) is 0 Å². The number of aromatic nitrogens is 2. The normalized spacial score (nSPS) is 13.7. The zero-order valence-corrected chi connectivity index (χ0v) is 43.9. The Kier molecular flexibility index (Phi) is 16.1. The highest BCUT2D eigenvalue weighted by Crippen LogP contribution is 2.38. The van der Waals surface area contributed by atoms with Crippen molar-refractivity contribution in [2.45, 2.75) is 156 Å². The number of hydrogen-bond acceptors (Lipinski definition) is 13. The third kappa shape index (κ3) is 13.5. The summed E-state index contributed by atoms with van der Waals surface area (Å²) in [6, 6.07) is 15.9. The minimum Gasteiger partial charge on any atom is -0.458 e. The van der Waals surface area contributed by atoms with E-state index in [0.717, 1.165) is 14.4 Å². The van der Waals surface area contributed by atoms with Crippen LogP contribution in [0.25, 0.3) is 32.2 Å². The van der Waals surface area contributed by atoms with Gasteiger partial charge in [0.25, 0.3) is 10.0 Å². The summed E-state index contributed by atoms with van der Waals surface area (Å²) < 4.78 is 53.7. The predicted molar refractivity (Wildman–Crippen MR) is 269 cm³/mol. The lowest BCUT2D eigenvalue weighted by atomic mass is 9.81. The number of carbonyl (C=O) groups is 5. The first-order valence-corrected chi connectivity index (χ1v) is 24.6. The number of fused-ring (bicyclic) bond motifs is 2. The number of nitrogens with zero attached hydrogens (tertiary/aromatic N) is 7. The number of amides is 4. The van der Waals surface area contributed by atoms with Gasteiger partial charge in [-0.2, -0.15) is 4.90 Å². The van der Waals surface area contributed by atoms with Gasteiger partial charge in [-0.05, 0) is 143 Å². The minimum atomic E-state index is -4.48. The molecule has 380 valence electrons. The first kappa shape index (κ1) is 55.0. The zero-order chi connectivity index (χ0) is 53.2. The van der Waals surface area contributed by atoms with E-state index in [-0.39, 0.29) is 27.0 Å². The van der Waals surface area contributed by atoms with Crippen molar-refractivity contribution in [1.82, 2.24) is 13.9 Å². The average molecular weight is 996 g/mol. The molecule has 0 saturated carbocycles. The number of azide groups is 1. The van der Waals surface area contributed by atoms with Crippen LogP contribution in [0, 0.1) is 12.8 Å². The van der Waals surface area contributed by atoms with Crippen LogP contribution >= 0.6 is 0 Å². The molecule has 2 aromatic heterocycles. The number of pyridine rings is 1. The molecule has 71 heavy (non-hydrogen) atoms. The van der Waals surface area contributed by atoms with Gasteiger partial charge in [0.1, 0.15) is 34.5 Å². The number of ether oxygens (including phenoxy) is 4. The second-order valence-electron chi connectivity index (χ2n) is 21.6. The first-order chi connectivity index (χ1) is 32.7. The fourth-order valence-electron chi connectivity index (χ4n) is 7.76. The standard InChI is InChI=1S/C52H65N7O11S/c1-31(2)41(43(55-56-53)44(60)58(46(62)68-50(7,8)9)38-20-16-18-33-19-17-27-54-42(33)38)34-23-26-37-35(30-57(39(37)28-34)71(65,66)36-24-21-32(3)22-25-36)29-40(45(61)67-49(4,5)6)59(47(63)69-51(10,11)12)48(64)70-52(13,14)15/h16-28,30-31,40-41,43H,29H2,1-15H3/t40-,41+,43-/m0/s1. The summed E-state index contributed by atoms with van der Waals surface area (Å²) in [4.78, 5) is 80.8. The molecule has 0 fully saturated rings. The maximum absolute atomic E-state index is 15.2. The van der Waals surface area contributed by atoms with E-state index < -0.39 is 92.9 Å². The second kappa shape index (κ2) is 20.8. The monoisotopic (exact) mass is 995 g/mol. The van der Waals surface area contributed by atoms with Crippen molar-refractivity contribution in [2.24, 2.45) is 11.0 Å². The van der Waals surface area contributed by atoms with Gasteiger partial charge >= 0.3 is 24.2 Å². The van der Waals surface area contributed by atoms with Gasteiger partial charge in [0, 0.05) is 40.4 Å². The molecule has 4 amide bonds.